The van der Waals surface area contributed by atoms with Crippen LogP contribution in [0.1, 0.15) is 31.4 Å². The SMILES string of the molecule is Cc1cc(NC(=O)CCN2CCCC(CCN)C2)no1.Cl. The molecule has 1 aliphatic rings. The number of nitrogens with two attached hydrogens (primary N) is 1. The van der Waals surface area contributed by atoms with Gasteiger partial charge in [0.15, 0.2) is 5.82 Å². The van der Waals surface area contributed by atoms with E-state index >= 15 is 0 Å². The monoisotopic (exact) mass is 316 g/mol. The van der Waals surface area contributed by atoms with Crippen LogP contribution in [0, 0.1) is 12.8 Å². The number of aromatic nitrogens is 1. The molecule has 120 valence electrons. The summed E-state index contributed by atoms with van der Waals surface area (Å²) in [5.74, 6) is 1.86. The van der Waals surface area contributed by atoms with Crippen LogP contribution in [0.15, 0.2) is 10.6 Å². The molecule has 6 nitrogen and oxygen atoms in total. The molecule has 7 heteroatoms. The highest BCUT2D eigenvalue weighted by atomic mass is 35.5. The van der Waals surface area contributed by atoms with E-state index in [0.29, 0.717) is 23.9 Å². The Bertz CT molecular complexity index is 436. The Kier molecular flexibility index (Phi) is 7.71. The third kappa shape index (κ3) is 6.03. The molecule has 0 saturated carbocycles. The lowest BCUT2D eigenvalue weighted by atomic mass is 9.95. The van der Waals surface area contributed by atoms with Crippen molar-refractivity contribution in [2.24, 2.45) is 11.7 Å². The number of hydrogen-bond acceptors (Lipinski definition) is 5. The third-order valence-electron chi connectivity index (χ3n) is 3.73. The second-order valence-electron chi connectivity index (χ2n) is 5.51. The van der Waals surface area contributed by atoms with Crippen LogP contribution in [0.25, 0.3) is 0 Å². The van der Waals surface area contributed by atoms with Crippen molar-refractivity contribution in [1.29, 1.82) is 0 Å². The van der Waals surface area contributed by atoms with Gasteiger partial charge < -0.3 is 20.5 Å². The molecule has 0 radical (unpaired) electrons. The van der Waals surface area contributed by atoms with Gasteiger partial charge in [0.25, 0.3) is 0 Å². The molecule has 1 fully saturated rings. The van der Waals surface area contributed by atoms with E-state index < -0.39 is 0 Å². The van der Waals surface area contributed by atoms with Crippen LogP contribution in [-0.4, -0.2) is 42.1 Å². The summed E-state index contributed by atoms with van der Waals surface area (Å²) in [6, 6.07) is 1.72. The van der Waals surface area contributed by atoms with Crippen molar-refractivity contribution in [3.8, 4) is 0 Å². The zero-order chi connectivity index (χ0) is 14.4. The van der Waals surface area contributed by atoms with Crippen LogP contribution in [0.2, 0.25) is 0 Å². The average Bonchev–Trinajstić information content (AvgIpc) is 2.83. The first kappa shape index (κ1) is 17.9. The van der Waals surface area contributed by atoms with Gasteiger partial charge in [-0.3, -0.25) is 4.79 Å². The largest absolute Gasteiger partial charge is 0.360 e. The lowest BCUT2D eigenvalue weighted by Gasteiger charge is -2.32. The molecule has 21 heavy (non-hydrogen) atoms. The zero-order valence-corrected chi connectivity index (χ0v) is 13.3. The van der Waals surface area contributed by atoms with Gasteiger partial charge >= 0.3 is 0 Å². The van der Waals surface area contributed by atoms with Gasteiger partial charge in [-0.2, -0.15) is 0 Å². The summed E-state index contributed by atoms with van der Waals surface area (Å²) in [5.41, 5.74) is 5.62. The summed E-state index contributed by atoms with van der Waals surface area (Å²) in [6.07, 6.45) is 4.04. The van der Waals surface area contributed by atoms with Crippen molar-refractivity contribution in [3.05, 3.63) is 11.8 Å². The van der Waals surface area contributed by atoms with Crippen molar-refractivity contribution < 1.29 is 9.32 Å². The van der Waals surface area contributed by atoms with Gasteiger partial charge in [-0.15, -0.1) is 12.4 Å². The molecule has 1 atom stereocenters. The topological polar surface area (TPSA) is 84.4 Å². The van der Waals surface area contributed by atoms with Crippen LogP contribution >= 0.6 is 12.4 Å². The van der Waals surface area contributed by atoms with Crippen molar-refractivity contribution in [1.82, 2.24) is 10.1 Å². The minimum absolute atomic E-state index is 0. The second kappa shape index (κ2) is 9.02. The van der Waals surface area contributed by atoms with Crippen molar-refractivity contribution >= 4 is 24.1 Å². The van der Waals surface area contributed by atoms with Crippen molar-refractivity contribution in [3.63, 3.8) is 0 Å². The lowest BCUT2D eigenvalue weighted by Crippen LogP contribution is -2.37. The Morgan fingerprint density at radius 2 is 2.43 bits per heavy atom. The molecular formula is C14H25ClN4O2. The number of anilines is 1. The number of piperidine rings is 1. The highest BCUT2D eigenvalue weighted by Gasteiger charge is 2.19. The summed E-state index contributed by atoms with van der Waals surface area (Å²) in [6.45, 7) is 5.49. The third-order valence-corrected chi connectivity index (χ3v) is 3.73. The first-order chi connectivity index (χ1) is 9.67. The molecule has 1 aromatic heterocycles. The number of aryl methyl sites for hydroxylation is 1. The van der Waals surface area contributed by atoms with Gasteiger partial charge in [0.05, 0.1) is 0 Å². The van der Waals surface area contributed by atoms with Gasteiger partial charge in [0.2, 0.25) is 5.91 Å². The lowest BCUT2D eigenvalue weighted by molar-refractivity contribution is -0.116. The van der Waals surface area contributed by atoms with Crippen LogP contribution in [0.3, 0.4) is 0 Å². The zero-order valence-electron chi connectivity index (χ0n) is 12.5. The van der Waals surface area contributed by atoms with Crippen LogP contribution in [0.4, 0.5) is 5.82 Å². The van der Waals surface area contributed by atoms with Crippen molar-refractivity contribution in [2.75, 3.05) is 31.5 Å². The molecule has 1 amide bonds. The molecule has 2 heterocycles. The van der Waals surface area contributed by atoms with E-state index in [2.05, 4.69) is 15.4 Å². The fourth-order valence-corrected chi connectivity index (χ4v) is 2.72. The number of rotatable bonds is 6. The van der Waals surface area contributed by atoms with E-state index in [1.165, 1.54) is 12.8 Å². The number of carbonyl (C=O) groups is 1. The van der Waals surface area contributed by atoms with E-state index in [1.54, 1.807) is 13.0 Å². The molecule has 3 N–H and O–H groups in total. The fourth-order valence-electron chi connectivity index (χ4n) is 2.72. The van der Waals surface area contributed by atoms with Gasteiger partial charge in [-0.05, 0) is 45.2 Å². The minimum Gasteiger partial charge on any atom is -0.360 e. The highest BCUT2D eigenvalue weighted by Crippen LogP contribution is 2.19. The van der Waals surface area contributed by atoms with Crippen LogP contribution < -0.4 is 11.1 Å². The fraction of sp³-hybridized carbons (Fsp3) is 0.714. The van der Waals surface area contributed by atoms with E-state index in [0.717, 1.165) is 32.6 Å². The molecule has 1 aliphatic heterocycles. The molecule has 0 bridgehead atoms. The molecule has 2 rings (SSSR count). The number of carbonyl (C=O) groups excluding carboxylic acids is 1. The van der Waals surface area contributed by atoms with Crippen LogP contribution in [0.5, 0.6) is 0 Å². The smallest absolute Gasteiger partial charge is 0.226 e. The standard InChI is InChI=1S/C14H24N4O2.ClH/c1-11-9-13(17-20-11)16-14(19)5-8-18-7-2-3-12(10-18)4-6-15;/h9,12H,2-8,10,15H2,1H3,(H,16,17,19);1H. The van der Waals surface area contributed by atoms with Gasteiger partial charge in [0.1, 0.15) is 5.76 Å². The molecule has 0 aromatic carbocycles. The number of halogens is 1. The quantitative estimate of drug-likeness (QED) is 0.836. The summed E-state index contributed by atoms with van der Waals surface area (Å²) >= 11 is 0. The number of nitrogens with zero attached hydrogens (tertiary/aromatic N) is 2. The second-order valence-corrected chi connectivity index (χ2v) is 5.51. The Morgan fingerprint density at radius 1 is 1.62 bits per heavy atom. The Morgan fingerprint density at radius 3 is 3.10 bits per heavy atom. The predicted octanol–water partition coefficient (Wildman–Crippen LogP) is 1.79. The van der Waals surface area contributed by atoms with Crippen molar-refractivity contribution in [2.45, 2.75) is 32.6 Å². The van der Waals surface area contributed by atoms with E-state index in [1.807, 2.05) is 0 Å². The predicted molar refractivity (Wildman–Crippen MR) is 84.6 cm³/mol. The number of hydrogen-bond donors (Lipinski definition) is 2. The van der Waals surface area contributed by atoms with E-state index in [9.17, 15) is 4.79 Å². The highest BCUT2D eigenvalue weighted by molar-refractivity contribution is 5.89. The van der Waals surface area contributed by atoms with Crippen LogP contribution in [-0.2, 0) is 4.79 Å². The Labute approximate surface area is 131 Å². The molecule has 0 aliphatic carbocycles. The van der Waals surface area contributed by atoms with E-state index in [4.69, 9.17) is 10.3 Å². The number of likely N-dealkylation sites (tertiary alicyclic amines) is 1. The Balaban J connectivity index is 0.00000220. The summed E-state index contributed by atoms with van der Waals surface area (Å²) in [7, 11) is 0. The number of nitrogens with one attached hydrogen (secondary N) is 1. The summed E-state index contributed by atoms with van der Waals surface area (Å²) < 4.78 is 4.91. The average molecular weight is 317 g/mol. The summed E-state index contributed by atoms with van der Waals surface area (Å²) in [5, 5.41) is 6.50. The summed E-state index contributed by atoms with van der Waals surface area (Å²) in [4.78, 5) is 14.2. The first-order valence-corrected chi connectivity index (χ1v) is 7.33. The van der Waals surface area contributed by atoms with Gasteiger partial charge in [-0.1, -0.05) is 5.16 Å². The molecular weight excluding hydrogens is 292 g/mol. The molecule has 1 saturated heterocycles. The maximum absolute atomic E-state index is 11.8. The van der Waals surface area contributed by atoms with E-state index in [-0.39, 0.29) is 18.3 Å². The normalized spacial score (nSPS) is 19.0. The van der Waals surface area contributed by atoms with Gasteiger partial charge in [0, 0.05) is 25.6 Å². The maximum atomic E-state index is 11.8. The van der Waals surface area contributed by atoms with Gasteiger partial charge in [-0.25, -0.2) is 0 Å². The maximum Gasteiger partial charge on any atom is 0.226 e. The number of amides is 1. The molecule has 1 aromatic rings. The first-order valence-electron chi connectivity index (χ1n) is 7.33. The Hall–Kier alpha value is -1.11. The molecule has 1 unspecified atom stereocenters. The molecule has 0 spiro atoms. The minimum atomic E-state index is -0.0146.